The van der Waals surface area contributed by atoms with E-state index >= 15 is 0 Å². The molecule has 26 valence electrons. The highest BCUT2D eigenvalue weighted by atomic mass is 31.2. The van der Waals surface area contributed by atoms with E-state index in [4.69, 9.17) is 14.7 Å². The van der Waals surface area contributed by atoms with Crippen LogP contribution >= 0.6 is 8.60 Å². The van der Waals surface area contributed by atoms with E-state index in [-0.39, 0.29) is 2.85 Å². The lowest BCUT2D eigenvalue weighted by molar-refractivity contribution is -0.313. The molecule has 0 spiro atoms. The molecule has 4 heavy (non-hydrogen) atoms. The summed E-state index contributed by atoms with van der Waals surface area (Å²) in [5.74, 6) is 0. The van der Waals surface area contributed by atoms with E-state index in [2.05, 4.69) is 0 Å². The lowest BCUT2D eigenvalue weighted by Crippen LogP contribution is -2.04. The Kier molecular flexibility index (Phi) is 1.74. The fourth-order valence-corrected chi connectivity index (χ4v) is 0. The predicted octanol–water partition coefficient (Wildman–Crippen LogP) is -1.85. The standard InChI is InChI=1S/HO3P/c1-4(2)3/h1H/q-2/p+2. The Bertz CT molecular complexity index is 13.5. The Labute approximate surface area is 27.5 Å². The summed E-state index contributed by atoms with van der Waals surface area (Å²) in [6, 6.07) is 0. The Morgan fingerprint density at radius 2 is 1.75 bits per heavy atom. The van der Waals surface area contributed by atoms with Crippen molar-refractivity contribution in [1.29, 1.82) is 0 Å². The Balaban J connectivity index is -0.0000000450. The van der Waals surface area contributed by atoms with Crippen LogP contribution in [0.15, 0.2) is 0 Å². The summed E-state index contributed by atoms with van der Waals surface area (Å²) in [5, 5.41) is 0. The maximum Gasteiger partial charge on any atom is 1.00 e. The Hall–Kier alpha value is 0.310. The molecule has 4 heteroatoms. The average molecular weight is 82.0 g/mol. The molecule has 0 saturated carbocycles. The van der Waals surface area contributed by atoms with Crippen molar-refractivity contribution in [1.82, 2.24) is 0 Å². The normalized spacial score (nSPS) is 9.00. The van der Waals surface area contributed by atoms with Crippen molar-refractivity contribution in [2.24, 2.45) is 0 Å². The number of hydrogen-bond acceptors (Lipinski definition) is 3. The molecule has 0 aliphatic rings. The van der Waals surface area contributed by atoms with Gasteiger partial charge in [-0.05, 0) is 0 Å². The number of rotatable bonds is 0. The molecule has 0 atom stereocenters. The van der Waals surface area contributed by atoms with Crippen LogP contribution in [0.25, 0.3) is 0 Å². The quantitative estimate of drug-likeness (QED) is 0.349. The summed E-state index contributed by atoms with van der Waals surface area (Å²) in [4.78, 5) is 24.2. The maximum absolute atomic E-state index is 8.59. The van der Waals surface area contributed by atoms with E-state index in [0.717, 1.165) is 0 Å². The molecule has 0 unspecified atom stereocenters. The molecule has 0 bridgehead atoms. The molecule has 1 N–H and O–H groups in total. The van der Waals surface area contributed by atoms with Gasteiger partial charge in [0.2, 0.25) is 0 Å². The van der Waals surface area contributed by atoms with Gasteiger partial charge in [-0.25, -0.2) is 0 Å². The van der Waals surface area contributed by atoms with E-state index in [1.807, 2.05) is 0 Å². The first-order chi connectivity index (χ1) is 1.73. The van der Waals surface area contributed by atoms with Gasteiger partial charge in [-0.15, -0.1) is 0 Å². The molecule has 0 aliphatic carbocycles. The average Bonchev–Trinajstić information content (AvgIpc) is 0.811. The third kappa shape index (κ3) is 41.3. The summed E-state index contributed by atoms with van der Waals surface area (Å²) in [6.45, 7) is 0. The van der Waals surface area contributed by atoms with Crippen molar-refractivity contribution in [3.8, 4) is 0 Å². The third-order valence-corrected chi connectivity index (χ3v) is 0. The van der Waals surface area contributed by atoms with Crippen LogP contribution in [0.5, 0.6) is 0 Å². The second kappa shape index (κ2) is 1.61. The lowest BCUT2D eigenvalue weighted by atomic mass is 15.8. The molecule has 0 aromatic heterocycles. The van der Waals surface area contributed by atoms with Gasteiger partial charge >= 0.3 is 2.85 Å². The largest absolute Gasteiger partial charge is 1.00 e. The molecule has 0 fully saturated rings. The zero-order valence-electron chi connectivity index (χ0n) is 3.71. The topological polar surface area (TPSA) is 66.3 Å². The highest BCUT2D eigenvalue weighted by molar-refractivity contribution is 7.35. The zero-order valence-corrected chi connectivity index (χ0v) is 2.61. The van der Waals surface area contributed by atoms with Gasteiger partial charge in [-0.1, -0.05) is 0 Å². The zero-order chi connectivity index (χ0) is 3.58. The van der Waals surface area contributed by atoms with Gasteiger partial charge in [0.1, 0.15) is 0 Å². The second-order valence-corrected chi connectivity index (χ2v) is 0.714. The van der Waals surface area contributed by atoms with E-state index in [1.165, 1.54) is 0 Å². The molecular formula is H3O3P. The SMILES string of the molecule is [H+].[H+].[O-]P([O-])O. The molecule has 0 heterocycles. The van der Waals surface area contributed by atoms with E-state index in [9.17, 15) is 0 Å². The number of hydrogen-bond donors (Lipinski definition) is 1. The first-order valence-corrected chi connectivity index (χ1v) is 1.70. The fraction of sp³-hybridized carbons (Fsp3) is 0. The van der Waals surface area contributed by atoms with Crippen LogP contribution in [0, 0.1) is 0 Å². The van der Waals surface area contributed by atoms with E-state index in [0.29, 0.717) is 0 Å². The lowest BCUT2D eigenvalue weighted by Gasteiger charge is -2.19. The van der Waals surface area contributed by atoms with E-state index < -0.39 is 8.60 Å². The van der Waals surface area contributed by atoms with Crippen LogP contribution in [0.4, 0.5) is 0 Å². The first kappa shape index (κ1) is 4.31. The van der Waals surface area contributed by atoms with Crippen LogP contribution in [0.2, 0.25) is 0 Å². The first-order valence-electron chi connectivity index (χ1n) is 0.565. The van der Waals surface area contributed by atoms with Crippen molar-refractivity contribution in [3.63, 3.8) is 0 Å². The van der Waals surface area contributed by atoms with Crippen LogP contribution in [-0.4, -0.2) is 4.89 Å². The van der Waals surface area contributed by atoms with Gasteiger partial charge in [0.05, 0.1) is 0 Å². The maximum atomic E-state index is 8.59. The molecule has 0 aliphatic heterocycles. The van der Waals surface area contributed by atoms with Crippen molar-refractivity contribution in [2.75, 3.05) is 0 Å². The molecule has 3 nitrogen and oxygen atoms in total. The smallest absolute Gasteiger partial charge is 0.820 e. The van der Waals surface area contributed by atoms with Crippen LogP contribution in [0.3, 0.4) is 0 Å². The second-order valence-electron chi connectivity index (χ2n) is 0.238. The van der Waals surface area contributed by atoms with Gasteiger partial charge < -0.3 is 14.7 Å². The van der Waals surface area contributed by atoms with Crippen LogP contribution in [0.1, 0.15) is 2.85 Å². The molecule has 0 aromatic rings. The molecule has 0 aromatic carbocycles. The molecule has 0 amide bonds. The minimum absolute atomic E-state index is 0. The summed E-state index contributed by atoms with van der Waals surface area (Å²) in [6.07, 6.45) is 0. The van der Waals surface area contributed by atoms with E-state index in [1.54, 1.807) is 0 Å². The molecule has 0 rings (SSSR count). The molecular weight excluding hydrogens is 79.0 g/mol. The van der Waals surface area contributed by atoms with Crippen LogP contribution < -0.4 is 9.79 Å². The van der Waals surface area contributed by atoms with Crippen LogP contribution in [-0.2, 0) is 0 Å². The van der Waals surface area contributed by atoms with Gasteiger partial charge in [0.15, 0.2) is 0 Å². The summed E-state index contributed by atoms with van der Waals surface area (Å²) in [5.41, 5.74) is 0. The predicted molar refractivity (Wildman–Crippen MR) is 11.4 cm³/mol. The summed E-state index contributed by atoms with van der Waals surface area (Å²) in [7, 11) is -3.12. The Morgan fingerprint density at radius 3 is 1.75 bits per heavy atom. The highest BCUT2D eigenvalue weighted by Crippen LogP contribution is 1.95. The van der Waals surface area contributed by atoms with Gasteiger partial charge in [-0.3, -0.25) is 0 Å². The summed E-state index contributed by atoms with van der Waals surface area (Å²) >= 11 is 0. The highest BCUT2D eigenvalue weighted by Gasteiger charge is 1.34. The van der Waals surface area contributed by atoms with Crippen molar-refractivity contribution >= 4 is 8.60 Å². The van der Waals surface area contributed by atoms with Crippen molar-refractivity contribution in [2.45, 2.75) is 0 Å². The molecule has 0 radical (unpaired) electrons. The van der Waals surface area contributed by atoms with Crippen molar-refractivity contribution in [3.05, 3.63) is 0 Å². The minimum atomic E-state index is -3.12. The van der Waals surface area contributed by atoms with Gasteiger partial charge in [0.25, 0.3) is 0 Å². The molecule has 0 saturated heterocycles. The van der Waals surface area contributed by atoms with Crippen molar-refractivity contribution < 1.29 is 17.5 Å². The fourth-order valence-electron chi connectivity index (χ4n) is 0. The van der Waals surface area contributed by atoms with Gasteiger partial charge in [-0.2, -0.15) is 8.60 Å². The Morgan fingerprint density at radius 1 is 1.75 bits per heavy atom. The third-order valence-electron chi connectivity index (χ3n) is 0. The summed E-state index contributed by atoms with van der Waals surface area (Å²) < 4.78 is 0. The monoisotopic (exact) mass is 82.0 g/mol. The minimum Gasteiger partial charge on any atom is -0.820 e. The van der Waals surface area contributed by atoms with Gasteiger partial charge in [0, 0.05) is 0 Å².